The van der Waals surface area contributed by atoms with E-state index in [1.807, 2.05) is 18.2 Å². The van der Waals surface area contributed by atoms with E-state index in [9.17, 15) is 4.79 Å². The zero-order valence-corrected chi connectivity index (χ0v) is 9.24. The first kappa shape index (κ1) is 10.3. The van der Waals surface area contributed by atoms with Crippen LogP contribution in [0.25, 0.3) is 0 Å². The molecule has 0 spiro atoms. The monoisotopic (exact) mass is 244 g/mol. The summed E-state index contributed by atoms with van der Waals surface area (Å²) in [5.41, 5.74) is 0. The van der Waals surface area contributed by atoms with Gasteiger partial charge in [0.25, 0.3) is 0 Å². The fraction of sp³-hybridized carbons (Fsp3) is 0.300. The Morgan fingerprint density at radius 3 is 2.69 bits per heavy atom. The van der Waals surface area contributed by atoms with Crippen LogP contribution >= 0.6 is 0 Å². The average Bonchev–Trinajstić information content (AvgIpc) is 2.19. The van der Waals surface area contributed by atoms with Gasteiger partial charge in [-0.3, -0.25) is 0 Å². The third-order valence-electron chi connectivity index (χ3n) is 1.55. The quantitative estimate of drug-likeness (QED) is 0.582. The zero-order chi connectivity index (χ0) is 9.52. The minimum absolute atomic E-state index is 0.113. The molecule has 0 aliphatic carbocycles. The maximum atomic E-state index is 10.8. The molecule has 2 nitrogen and oxygen atoms in total. The standard InChI is InChI=1S/C10H12O2Se/c1-12-10(11)7-8-13-9-5-3-2-4-6-9/h2-6H,7-8H2,1H3. The predicted molar refractivity (Wildman–Crippen MR) is 53.3 cm³/mol. The Morgan fingerprint density at radius 1 is 1.38 bits per heavy atom. The molecule has 0 bridgehead atoms. The van der Waals surface area contributed by atoms with E-state index in [4.69, 9.17) is 0 Å². The summed E-state index contributed by atoms with van der Waals surface area (Å²) in [5, 5.41) is 0.920. The average molecular weight is 243 g/mol. The number of benzene rings is 1. The van der Waals surface area contributed by atoms with Gasteiger partial charge in [0.15, 0.2) is 0 Å². The third-order valence-corrected chi connectivity index (χ3v) is 3.67. The Bertz CT molecular complexity index is 259. The van der Waals surface area contributed by atoms with Crippen LogP contribution in [0.2, 0.25) is 5.32 Å². The summed E-state index contributed by atoms with van der Waals surface area (Å²) >= 11 is 0.398. The van der Waals surface area contributed by atoms with Crippen LogP contribution in [-0.4, -0.2) is 28.0 Å². The second-order valence-electron chi connectivity index (χ2n) is 2.49. The Morgan fingerprint density at radius 2 is 2.08 bits per heavy atom. The van der Waals surface area contributed by atoms with Crippen LogP contribution in [0.3, 0.4) is 0 Å². The molecule has 3 heteroatoms. The summed E-state index contributed by atoms with van der Waals surface area (Å²) in [6.07, 6.45) is 0.533. The summed E-state index contributed by atoms with van der Waals surface area (Å²) in [7, 11) is 1.43. The van der Waals surface area contributed by atoms with Gasteiger partial charge in [0.2, 0.25) is 0 Å². The molecule has 0 N–H and O–H groups in total. The molecule has 0 radical (unpaired) electrons. The van der Waals surface area contributed by atoms with Crippen molar-refractivity contribution in [2.24, 2.45) is 0 Å². The van der Waals surface area contributed by atoms with E-state index in [1.54, 1.807) is 0 Å². The van der Waals surface area contributed by atoms with E-state index in [-0.39, 0.29) is 5.97 Å². The fourth-order valence-corrected chi connectivity index (χ4v) is 2.66. The molecular weight excluding hydrogens is 231 g/mol. The van der Waals surface area contributed by atoms with Crippen LogP contribution in [0.15, 0.2) is 30.3 Å². The first-order valence-electron chi connectivity index (χ1n) is 4.07. The number of methoxy groups -OCH3 is 1. The van der Waals surface area contributed by atoms with Crippen LogP contribution in [0, 0.1) is 0 Å². The maximum absolute atomic E-state index is 10.8. The molecule has 1 aromatic carbocycles. The van der Waals surface area contributed by atoms with Gasteiger partial charge < -0.3 is 0 Å². The van der Waals surface area contributed by atoms with Crippen LogP contribution in [0.1, 0.15) is 6.42 Å². The van der Waals surface area contributed by atoms with Gasteiger partial charge in [0.1, 0.15) is 0 Å². The van der Waals surface area contributed by atoms with Gasteiger partial charge in [-0.2, -0.15) is 0 Å². The van der Waals surface area contributed by atoms with Crippen LogP contribution in [0.5, 0.6) is 0 Å². The molecule has 0 unspecified atom stereocenters. The fourth-order valence-electron chi connectivity index (χ4n) is 0.871. The SMILES string of the molecule is COC(=O)CC[Se]c1ccccc1. The van der Waals surface area contributed by atoms with Gasteiger partial charge in [0.05, 0.1) is 0 Å². The van der Waals surface area contributed by atoms with Crippen molar-refractivity contribution in [3.63, 3.8) is 0 Å². The molecule has 0 saturated heterocycles. The Kier molecular flexibility index (Phi) is 4.58. The number of ether oxygens (including phenoxy) is 1. The first-order valence-corrected chi connectivity index (χ1v) is 6.14. The van der Waals surface area contributed by atoms with E-state index >= 15 is 0 Å². The molecule has 1 aromatic rings. The molecule has 70 valence electrons. The van der Waals surface area contributed by atoms with Gasteiger partial charge in [-0.25, -0.2) is 0 Å². The molecule has 0 aromatic heterocycles. The van der Waals surface area contributed by atoms with Crippen molar-refractivity contribution in [2.75, 3.05) is 7.11 Å². The zero-order valence-electron chi connectivity index (χ0n) is 7.53. The molecule has 0 fully saturated rings. The molecule has 0 aliphatic heterocycles. The van der Waals surface area contributed by atoms with Gasteiger partial charge in [-0.15, -0.1) is 0 Å². The number of carbonyl (C=O) groups is 1. The summed E-state index contributed by atoms with van der Waals surface area (Å²) in [4.78, 5) is 10.8. The number of rotatable bonds is 4. The van der Waals surface area contributed by atoms with E-state index in [0.29, 0.717) is 21.4 Å². The second-order valence-corrected chi connectivity index (χ2v) is 4.94. The molecule has 13 heavy (non-hydrogen) atoms. The normalized spacial score (nSPS) is 9.62. The van der Waals surface area contributed by atoms with Crippen molar-refractivity contribution in [3.05, 3.63) is 30.3 Å². The number of carbonyl (C=O) groups excluding carboxylic acids is 1. The number of hydrogen-bond donors (Lipinski definition) is 0. The third kappa shape index (κ3) is 4.11. The van der Waals surface area contributed by atoms with Crippen LogP contribution < -0.4 is 4.46 Å². The summed E-state index contributed by atoms with van der Waals surface area (Å²) in [6.45, 7) is 0. The van der Waals surface area contributed by atoms with Crippen LogP contribution in [-0.2, 0) is 9.53 Å². The Labute approximate surface area is 84.4 Å². The van der Waals surface area contributed by atoms with Crippen molar-refractivity contribution in [1.82, 2.24) is 0 Å². The number of esters is 1. The van der Waals surface area contributed by atoms with E-state index < -0.39 is 0 Å². The summed E-state index contributed by atoms with van der Waals surface area (Å²) in [6, 6.07) is 10.2. The summed E-state index contributed by atoms with van der Waals surface area (Å²) in [5.74, 6) is -0.113. The van der Waals surface area contributed by atoms with Crippen LogP contribution in [0.4, 0.5) is 0 Å². The molecular formula is C10H12O2Se. The topological polar surface area (TPSA) is 26.3 Å². The van der Waals surface area contributed by atoms with Crippen molar-refractivity contribution in [1.29, 1.82) is 0 Å². The minimum atomic E-state index is -0.113. The van der Waals surface area contributed by atoms with Crippen molar-refractivity contribution in [3.8, 4) is 0 Å². The van der Waals surface area contributed by atoms with E-state index in [0.717, 1.165) is 5.32 Å². The number of hydrogen-bond acceptors (Lipinski definition) is 2. The van der Waals surface area contributed by atoms with Gasteiger partial charge >= 0.3 is 84.1 Å². The molecule has 0 amide bonds. The molecule has 0 heterocycles. The van der Waals surface area contributed by atoms with Crippen molar-refractivity contribution < 1.29 is 9.53 Å². The molecule has 0 atom stereocenters. The van der Waals surface area contributed by atoms with Gasteiger partial charge in [0, 0.05) is 0 Å². The Hall–Kier alpha value is -0.791. The predicted octanol–water partition coefficient (Wildman–Crippen LogP) is 0.997. The van der Waals surface area contributed by atoms with Gasteiger partial charge in [-0.05, 0) is 0 Å². The molecule has 0 aliphatic rings. The van der Waals surface area contributed by atoms with E-state index in [2.05, 4.69) is 16.9 Å². The van der Waals surface area contributed by atoms with Crippen molar-refractivity contribution >= 4 is 25.4 Å². The Balaban J connectivity index is 2.24. The van der Waals surface area contributed by atoms with Gasteiger partial charge in [-0.1, -0.05) is 0 Å². The summed E-state index contributed by atoms with van der Waals surface area (Å²) < 4.78 is 5.89. The first-order chi connectivity index (χ1) is 6.33. The van der Waals surface area contributed by atoms with E-state index in [1.165, 1.54) is 11.6 Å². The molecule has 1 rings (SSSR count). The van der Waals surface area contributed by atoms with Crippen molar-refractivity contribution in [2.45, 2.75) is 11.7 Å². The molecule has 0 saturated carbocycles. The second kappa shape index (κ2) is 5.79.